The van der Waals surface area contributed by atoms with Crippen molar-refractivity contribution >= 4 is 11.6 Å². The number of hydrogen-bond donors (Lipinski definition) is 1. The standard InChI is InChI=1S/C12H8F2N2O/c13-8-4-1-2-5-9(8)16-12(17)10-6-3-7-11(14)15-10/h1-7H,(H,16,17). The topological polar surface area (TPSA) is 42.0 Å². The van der Waals surface area contributed by atoms with Gasteiger partial charge in [-0.05, 0) is 24.3 Å². The summed E-state index contributed by atoms with van der Waals surface area (Å²) in [6, 6.07) is 9.54. The first-order valence-corrected chi connectivity index (χ1v) is 4.85. The van der Waals surface area contributed by atoms with E-state index in [1.165, 1.54) is 30.3 Å². The molecule has 2 aromatic rings. The molecule has 1 aromatic carbocycles. The smallest absolute Gasteiger partial charge is 0.274 e. The molecule has 0 unspecified atom stereocenters. The van der Waals surface area contributed by atoms with Gasteiger partial charge < -0.3 is 5.32 Å². The molecule has 1 amide bonds. The number of carbonyl (C=O) groups is 1. The summed E-state index contributed by atoms with van der Waals surface area (Å²) in [6.45, 7) is 0. The summed E-state index contributed by atoms with van der Waals surface area (Å²) in [5.41, 5.74) is -0.0724. The maximum absolute atomic E-state index is 13.2. The third kappa shape index (κ3) is 2.63. The predicted octanol–water partition coefficient (Wildman–Crippen LogP) is 2.61. The Morgan fingerprint density at radius 1 is 1.06 bits per heavy atom. The Hall–Kier alpha value is -2.30. The van der Waals surface area contributed by atoms with E-state index in [1.807, 2.05) is 0 Å². The minimum atomic E-state index is -0.758. The van der Waals surface area contributed by atoms with Crippen LogP contribution in [0.25, 0.3) is 0 Å². The van der Waals surface area contributed by atoms with Gasteiger partial charge in [-0.15, -0.1) is 0 Å². The second-order valence-corrected chi connectivity index (χ2v) is 3.28. The maximum Gasteiger partial charge on any atom is 0.274 e. The van der Waals surface area contributed by atoms with Crippen LogP contribution in [0, 0.1) is 11.8 Å². The quantitative estimate of drug-likeness (QED) is 0.811. The Bertz CT molecular complexity index is 558. The van der Waals surface area contributed by atoms with Crippen molar-refractivity contribution in [3.05, 3.63) is 59.9 Å². The number of amides is 1. The van der Waals surface area contributed by atoms with E-state index in [0.29, 0.717) is 0 Å². The third-order valence-electron chi connectivity index (χ3n) is 2.07. The zero-order valence-electron chi connectivity index (χ0n) is 8.65. The summed E-state index contributed by atoms with van der Waals surface area (Å²) in [4.78, 5) is 15.0. The van der Waals surface area contributed by atoms with Crippen LogP contribution >= 0.6 is 0 Å². The summed E-state index contributed by atoms with van der Waals surface area (Å²) in [6.07, 6.45) is 0. The van der Waals surface area contributed by atoms with Crippen LogP contribution in [-0.4, -0.2) is 10.9 Å². The van der Waals surface area contributed by atoms with Crippen LogP contribution < -0.4 is 5.32 Å². The normalized spacial score (nSPS) is 10.0. The summed E-state index contributed by atoms with van der Waals surface area (Å²) in [7, 11) is 0. The van der Waals surface area contributed by atoms with E-state index in [9.17, 15) is 13.6 Å². The maximum atomic E-state index is 13.2. The van der Waals surface area contributed by atoms with Gasteiger partial charge in [0.25, 0.3) is 5.91 Å². The van der Waals surface area contributed by atoms with Crippen LogP contribution in [0.1, 0.15) is 10.5 Å². The average Bonchev–Trinajstić information content (AvgIpc) is 2.32. The molecule has 5 heteroatoms. The van der Waals surface area contributed by atoms with Crippen molar-refractivity contribution in [1.29, 1.82) is 0 Å². The number of para-hydroxylation sites is 1. The molecular formula is C12H8F2N2O. The molecule has 1 heterocycles. The van der Waals surface area contributed by atoms with Crippen molar-refractivity contribution < 1.29 is 13.6 Å². The molecule has 2 rings (SSSR count). The molecule has 0 radical (unpaired) electrons. The number of halogens is 2. The Morgan fingerprint density at radius 2 is 1.82 bits per heavy atom. The highest BCUT2D eigenvalue weighted by molar-refractivity contribution is 6.02. The minimum Gasteiger partial charge on any atom is -0.318 e. The van der Waals surface area contributed by atoms with Gasteiger partial charge in [0.1, 0.15) is 11.5 Å². The summed E-state index contributed by atoms with van der Waals surface area (Å²) in [5, 5.41) is 2.31. The van der Waals surface area contributed by atoms with Crippen LogP contribution in [0.15, 0.2) is 42.5 Å². The second kappa shape index (κ2) is 4.69. The molecule has 0 saturated carbocycles. The van der Waals surface area contributed by atoms with Gasteiger partial charge >= 0.3 is 0 Å². The molecule has 17 heavy (non-hydrogen) atoms. The van der Waals surface area contributed by atoms with Crippen LogP contribution in [0.3, 0.4) is 0 Å². The van der Waals surface area contributed by atoms with E-state index in [0.717, 1.165) is 6.07 Å². The molecule has 0 aliphatic rings. The van der Waals surface area contributed by atoms with Crippen LogP contribution in [-0.2, 0) is 0 Å². The van der Waals surface area contributed by atoms with Gasteiger partial charge in [0.15, 0.2) is 0 Å². The number of carbonyl (C=O) groups excluding carboxylic acids is 1. The fourth-order valence-electron chi connectivity index (χ4n) is 1.28. The monoisotopic (exact) mass is 234 g/mol. The van der Waals surface area contributed by atoms with E-state index in [-0.39, 0.29) is 11.4 Å². The predicted molar refractivity (Wildman–Crippen MR) is 58.5 cm³/mol. The molecule has 0 saturated heterocycles. The fourth-order valence-corrected chi connectivity index (χ4v) is 1.28. The molecule has 3 nitrogen and oxygen atoms in total. The largest absolute Gasteiger partial charge is 0.318 e. The first-order valence-electron chi connectivity index (χ1n) is 4.85. The number of hydrogen-bond acceptors (Lipinski definition) is 2. The van der Waals surface area contributed by atoms with E-state index in [2.05, 4.69) is 10.3 Å². The first kappa shape index (κ1) is 11.2. The van der Waals surface area contributed by atoms with Gasteiger partial charge in [0.2, 0.25) is 5.95 Å². The van der Waals surface area contributed by atoms with Crippen LogP contribution in [0.5, 0.6) is 0 Å². The van der Waals surface area contributed by atoms with Gasteiger partial charge in [-0.25, -0.2) is 9.37 Å². The zero-order chi connectivity index (χ0) is 12.3. The van der Waals surface area contributed by atoms with E-state index >= 15 is 0 Å². The molecule has 0 spiro atoms. The molecule has 0 atom stereocenters. The van der Waals surface area contributed by atoms with Crippen molar-refractivity contribution in [2.45, 2.75) is 0 Å². The lowest BCUT2D eigenvalue weighted by atomic mass is 10.3. The Morgan fingerprint density at radius 3 is 2.53 bits per heavy atom. The lowest BCUT2D eigenvalue weighted by Gasteiger charge is -2.05. The van der Waals surface area contributed by atoms with E-state index in [1.54, 1.807) is 6.07 Å². The third-order valence-corrected chi connectivity index (χ3v) is 2.07. The Kier molecular flexibility index (Phi) is 3.09. The summed E-state index contributed by atoms with van der Waals surface area (Å²) in [5.74, 6) is -1.97. The molecule has 1 N–H and O–H groups in total. The van der Waals surface area contributed by atoms with Crippen molar-refractivity contribution in [2.75, 3.05) is 5.32 Å². The lowest BCUT2D eigenvalue weighted by molar-refractivity contribution is 0.102. The number of rotatable bonds is 2. The Balaban J connectivity index is 2.20. The highest BCUT2D eigenvalue weighted by atomic mass is 19.1. The van der Waals surface area contributed by atoms with Gasteiger partial charge in [-0.2, -0.15) is 4.39 Å². The second-order valence-electron chi connectivity index (χ2n) is 3.28. The summed E-state index contributed by atoms with van der Waals surface area (Å²) < 4.78 is 26.0. The molecule has 0 bridgehead atoms. The highest BCUT2D eigenvalue weighted by Crippen LogP contribution is 2.13. The van der Waals surface area contributed by atoms with Gasteiger partial charge in [0, 0.05) is 0 Å². The molecule has 1 aromatic heterocycles. The molecule has 0 aliphatic heterocycles. The number of nitrogens with one attached hydrogen (secondary N) is 1. The number of nitrogens with zero attached hydrogens (tertiary/aromatic N) is 1. The molecule has 0 fully saturated rings. The number of aromatic nitrogens is 1. The molecule has 86 valence electrons. The highest BCUT2D eigenvalue weighted by Gasteiger charge is 2.10. The van der Waals surface area contributed by atoms with E-state index < -0.39 is 17.7 Å². The van der Waals surface area contributed by atoms with Gasteiger partial charge in [-0.3, -0.25) is 4.79 Å². The zero-order valence-corrected chi connectivity index (χ0v) is 8.65. The number of pyridine rings is 1. The number of anilines is 1. The summed E-state index contributed by atoms with van der Waals surface area (Å²) >= 11 is 0. The van der Waals surface area contributed by atoms with E-state index in [4.69, 9.17) is 0 Å². The van der Waals surface area contributed by atoms with Crippen LogP contribution in [0.4, 0.5) is 14.5 Å². The van der Waals surface area contributed by atoms with Crippen molar-refractivity contribution in [3.63, 3.8) is 0 Å². The fraction of sp³-hybridized carbons (Fsp3) is 0. The average molecular weight is 234 g/mol. The van der Waals surface area contributed by atoms with Crippen molar-refractivity contribution in [1.82, 2.24) is 4.98 Å². The van der Waals surface area contributed by atoms with Gasteiger partial charge in [-0.1, -0.05) is 18.2 Å². The van der Waals surface area contributed by atoms with Crippen molar-refractivity contribution in [2.24, 2.45) is 0 Å². The van der Waals surface area contributed by atoms with Crippen LogP contribution in [0.2, 0.25) is 0 Å². The van der Waals surface area contributed by atoms with Crippen molar-refractivity contribution in [3.8, 4) is 0 Å². The molecule has 0 aliphatic carbocycles. The SMILES string of the molecule is O=C(Nc1ccccc1F)c1cccc(F)n1. The Labute approximate surface area is 96.1 Å². The molecular weight excluding hydrogens is 226 g/mol. The lowest BCUT2D eigenvalue weighted by Crippen LogP contribution is -2.14. The number of benzene rings is 1. The van der Waals surface area contributed by atoms with Gasteiger partial charge in [0.05, 0.1) is 5.69 Å². The first-order chi connectivity index (χ1) is 8.16. The minimum absolute atomic E-state index is 0.0311.